The molecule has 0 spiro atoms. The molecule has 1 saturated heterocycles. The topological polar surface area (TPSA) is 32.8 Å². The minimum Gasteiger partial charge on any atom is -0.383 e. The highest BCUT2D eigenvalue weighted by Crippen LogP contribution is 2.07. The molecule has 1 fully saturated rings. The summed E-state index contributed by atoms with van der Waals surface area (Å²) in [5.74, 6) is 0. The van der Waals surface area contributed by atoms with Gasteiger partial charge in [0.1, 0.15) is 0 Å². The van der Waals surface area contributed by atoms with Crippen molar-refractivity contribution in [1.29, 1.82) is 0 Å². The van der Waals surface area contributed by atoms with Crippen LogP contribution in [-0.2, 0) is 4.74 Å². The third-order valence-electron chi connectivity index (χ3n) is 1.91. The summed E-state index contributed by atoms with van der Waals surface area (Å²) in [5.41, 5.74) is 0. The van der Waals surface area contributed by atoms with Crippen molar-refractivity contribution >= 4 is 6.03 Å². The maximum atomic E-state index is 11.4. The number of carbonyl (C=O) groups excluding carboxylic acids is 1. The average molecular weight is 170 g/mol. The first-order chi connectivity index (χ1) is 5.79. The van der Waals surface area contributed by atoms with E-state index in [0.29, 0.717) is 13.2 Å². The number of hydrogen-bond donors (Lipinski definition) is 0. The molecule has 0 N–H and O–H groups in total. The second-order valence-electron chi connectivity index (χ2n) is 2.64. The normalized spacial score (nSPS) is 17.2. The number of nitrogens with zero attached hydrogens (tertiary/aromatic N) is 2. The zero-order valence-electron chi connectivity index (χ0n) is 7.32. The number of rotatable bonds is 4. The number of hydrogen-bond acceptors (Lipinski definition) is 2. The van der Waals surface area contributed by atoms with E-state index in [4.69, 9.17) is 4.74 Å². The van der Waals surface area contributed by atoms with Gasteiger partial charge < -0.3 is 9.64 Å². The quantitative estimate of drug-likeness (QED) is 0.616. The van der Waals surface area contributed by atoms with Crippen molar-refractivity contribution in [2.45, 2.75) is 0 Å². The van der Waals surface area contributed by atoms with Crippen LogP contribution in [0.5, 0.6) is 0 Å². The van der Waals surface area contributed by atoms with Crippen molar-refractivity contribution in [2.75, 3.05) is 33.4 Å². The average Bonchev–Trinajstić information content (AvgIpc) is 2.43. The monoisotopic (exact) mass is 170 g/mol. The Balaban J connectivity index is 2.38. The lowest BCUT2D eigenvalue weighted by Gasteiger charge is -2.14. The summed E-state index contributed by atoms with van der Waals surface area (Å²) < 4.78 is 4.88. The lowest BCUT2D eigenvalue weighted by molar-refractivity contribution is 0.157. The van der Waals surface area contributed by atoms with Crippen LogP contribution in [0.1, 0.15) is 0 Å². The van der Waals surface area contributed by atoms with Crippen LogP contribution in [0.25, 0.3) is 0 Å². The summed E-state index contributed by atoms with van der Waals surface area (Å²) in [4.78, 5) is 14.7. The van der Waals surface area contributed by atoms with Crippen LogP contribution in [0, 0.1) is 0 Å². The minimum absolute atomic E-state index is 0.0297. The van der Waals surface area contributed by atoms with E-state index in [1.54, 1.807) is 23.1 Å². The summed E-state index contributed by atoms with van der Waals surface area (Å²) in [6.45, 7) is 6.33. The molecule has 0 aromatic rings. The van der Waals surface area contributed by atoms with Crippen molar-refractivity contribution in [3.05, 3.63) is 12.8 Å². The Morgan fingerprint density at radius 1 is 1.67 bits per heavy atom. The van der Waals surface area contributed by atoms with Crippen LogP contribution in [0.2, 0.25) is 0 Å². The Morgan fingerprint density at radius 2 is 2.42 bits per heavy atom. The van der Waals surface area contributed by atoms with E-state index in [0.717, 1.165) is 13.1 Å². The third kappa shape index (κ3) is 1.76. The molecule has 1 heterocycles. The second kappa shape index (κ2) is 4.11. The van der Waals surface area contributed by atoms with Crippen LogP contribution in [0.15, 0.2) is 12.8 Å². The molecule has 0 unspecified atom stereocenters. The fraction of sp³-hybridized carbons (Fsp3) is 0.625. The Hall–Kier alpha value is -1.03. The maximum Gasteiger partial charge on any atom is 0.324 e. The number of ether oxygens (including phenoxy) is 1. The Kier molecular flexibility index (Phi) is 3.10. The van der Waals surface area contributed by atoms with Gasteiger partial charge in [-0.15, -0.1) is 0 Å². The molecule has 1 aliphatic rings. The van der Waals surface area contributed by atoms with Gasteiger partial charge in [0.25, 0.3) is 0 Å². The molecule has 0 aliphatic carbocycles. The second-order valence-corrected chi connectivity index (χ2v) is 2.64. The first-order valence-electron chi connectivity index (χ1n) is 3.96. The highest BCUT2D eigenvalue weighted by molar-refractivity contribution is 5.77. The number of urea groups is 1. The summed E-state index contributed by atoms with van der Waals surface area (Å²) in [7, 11) is 1.63. The van der Waals surface area contributed by atoms with Gasteiger partial charge in [-0.05, 0) is 0 Å². The molecule has 4 heteroatoms. The number of methoxy groups -OCH3 is 1. The van der Waals surface area contributed by atoms with Crippen LogP contribution in [-0.4, -0.2) is 49.2 Å². The Labute approximate surface area is 72.4 Å². The maximum absolute atomic E-state index is 11.4. The molecule has 1 aliphatic heterocycles. The van der Waals surface area contributed by atoms with Crippen molar-refractivity contribution < 1.29 is 9.53 Å². The molecule has 0 aromatic heterocycles. The van der Waals surface area contributed by atoms with Gasteiger partial charge in [0.15, 0.2) is 0 Å². The van der Waals surface area contributed by atoms with Crippen LogP contribution in [0.4, 0.5) is 4.79 Å². The minimum atomic E-state index is 0.0297. The van der Waals surface area contributed by atoms with Crippen molar-refractivity contribution in [1.82, 2.24) is 9.80 Å². The van der Waals surface area contributed by atoms with Gasteiger partial charge in [0, 0.05) is 32.9 Å². The molecule has 0 aromatic carbocycles. The highest BCUT2D eigenvalue weighted by atomic mass is 16.5. The largest absolute Gasteiger partial charge is 0.383 e. The molecule has 2 amide bonds. The Bertz CT molecular complexity index is 182. The van der Waals surface area contributed by atoms with Crippen molar-refractivity contribution in [3.63, 3.8) is 0 Å². The highest BCUT2D eigenvalue weighted by Gasteiger charge is 2.25. The first-order valence-corrected chi connectivity index (χ1v) is 3.96. The first kappa shape index (κ1) is 9.06. The van der Waals surface area contributed by atoms with E-state index in [1.165, 1.54) is 0 Å². The molecule has 0 radical (unpaired) electrons. The molecule has 0 bridgehead atoms. The summed E-state index contributed by atoms with van der Waals surface area (Å²) in [5, 5.41) is 0. The number of amides is 2. The fourth-order valence-electron chi connectivity index (χ4n) is 1.18. The standard InChI is InChI=1S/C8H14N2O2/c1-3-9-4-5-10(8(9)11)6-7-12-2/h3H,1,4-7H2,2H3. The van der Waals surface area contributed by atoms with Gasteiger partial charge in [0.2, 0.25) is 0 Å². The van der Waals surface area contributed by atoms with Crippen molar-refractivity contribution in [2.24, 2.45) is 0 Å². The van der Waals surface area contributed by atoms with Crippen LogP contribution < -0.4 is 0 Å². The van der Waals surface area contributed by atoms with Gasteiger partial charge >= 0.3 is 6.03 Å². The molecule has 1 rings (SSSR count). The molecule has 0 atom stereocenters. The van der Waals surface area contributed by atoms with Crippen LogP contribution in [0.3, 0.4) is 0 Å². The zero-order valence-corrected chi connectivity index (χ0v) is 7.32. The predicted octanol–water partition coefficient (Wildman–Crippen LogP) is 0.514. The molecule has 68 valence electrons. The van der Waals surface area contributed by atoms with E-state index < -0.39 is 0 Å². The zero-order chi connectivity index (χ0) is 8.97. The summed E-state index contributed by atoms with van der Waals surface area (Å²) in [6, 6.07) is 0.0297. The van der Waals surface area contributed by atoms with Gasteiger partial charge in [-0.3, -0.25) is 4.90 Å². The summed E-state index contributed by atoms with van der Waals surface area (Å²) in [6.07, 6.45) is 1.56. The smallest absolute Gasteiger partial charge is 0.324 e. The predicted molar refractivity (Wildman–Crippen MR) is 45.7 cm³/mol. The summed E-state index contributed by atoms with van der Waals surface area (Å²) >= 11 is 0. The van der Waals surface area contributed by atoms with Gasteiger partial charge in [-0.2, -0.15) is 0 Å². The molecular weight excluding hydrogens is 156 g/mol. The van der Waals surface area contributed by atoms with E-state index in [9.17, 15) is 4.79 Å². The van der Waals surface area contributed by atoms with Gasteiger partial charge in [-0.1, -0.05) is 6.58 Å². The lowest BCUT2D eigenvalue weighted by atomic mass is 10.5. The fourth-order valence-corrected chi connectivity index (χ4v) is 1.18. The van der Waals surface area contributed by atoms with E-state index in [1.807, 2.05) is 0 Å². The van der Waals surface area contributed by atoms with Crippen molar-refractivity contribution in [3.8, 4) is 0 Å². The van der Waals surface area contributed by atoms with Gasteiger partial charge in [-0.25, -0.2) is 4.79 Å². The molecule has 0 saturated carbocycles. The molecular formula is C8H14N2O2. The van der Waals surface area contributed by atoms with Gasteiger partial charge in [0.05, 0.1) is 6.61 Å². The van der Waals surface area contributed by atoms with E-state index in [-0.39, 0.29) is 6.03 Å². The van der Waals surface area contributed by atoms with E-state index in [2.05, 4.69) is 6.58 Å². The van der Waals surface area contributed by atoms with E-state index >= 15 is 0 Å². The SMILES string of the molecule is C=CN1CCN(CCOC)C1=O. The lowest BCUT2D eigenvalue weighted by Crippen LogP contribution is -2.31. The number of carbonyl (C=O) groups is 1. The molecule has 12 heavy (non-hydrogen) atoms. The van der Waals surface area contributed by atoms with Crippen LogP contribution >= 0.6 is 0 Å². The third-order valence-corrected chi connectivity index (χ3v) is 1.91. The Morgan fingerprint density at radius 3 is 2.92 bits per heavy atom. The molecule has 4 nitrogen and oxygen atoms in total.